The zero-order valence-electron chi connectivity index (χ0n) is 24.1. The number of nitrogens with one attached hydrogen (secondary N) is 2. The first-order valence-electron chi connectivity index (χ1n) is 13.7. The number of carbonyl (C=O) groups excluding carboxylic acids is 3. The number of carboxylic acid groups (broad SMARTS) is 3. The maximum absolute atomic E-state index is 13.6. The van der Waals surface area contributed by atoms with Crippen molar-refractivity contribution >= 4 is 53.8 Å². The van der Waals surface area contributed by atoms with E-state index in [0.29, 0.717) is 29.7 Å². The van der Waals surface area contributed by atoms with E-state index in [9.17, 15) is 39.0 Å². The number of nitrogens with two attached hydrogens (primary N) is 1. The molecule has 2 amide bonds. The van der Waals surface area contributed by atoms with Gasteiger partial charge in [0.2, 0.25) is 5.91 Å². The predicted molar refractivity (Wildman–Crippen MR) is 164 cm³/mol. The van der Waals surface area contributed by atoms with Crippen LogP contribution >= 0.6 is 12.4 Å². The molecule has 0 saturated carbocycles. The average Bonchev–Trinajstić information content (AvgIpc) is 3.00. The van der Waals surface area contributed by atoms with Crippen molar-refractivity contribution in [2.24, 2.45) is 0 Å². The van der Waals surface area contributed by atoms with Gasteiger partial charge in [-0.25, -0.2) is 9.59 Å². The van der Waals surface area contributed by atoms with Crippen LogP contribution in [0.15, 0.2) is 54.6 Å². The molecule has 46 heavy (non-hydrogen) atoms. The van der Waals surface area contributed by atoms with E-state index in [1.54, 1.807) is 12.1 Å². The second-order valence-electron chi connectivity index (χ2n) is 10.1. The first-order valence-corrected chi connectivity index (χ1v) is 13.7. The van der Waals surface area contributed by atoms with Gasteiger partial charge in [0.1, 0.15) is 13.1 Å². The summed E-state index contributed by atoms with van der Waals surface area (Å²) in [5, 5.41) is 32.3. The fourth-order valence-electron chi connectivity index (χ4n) is 4.83. The number of aliphatic carboxylic acids is 2. The van der Waals surface area contributed by atoms with E-state index in [2.05, 4.69) is 10.6 Å². The quantitative estimate of drug-likeness (QED) is 0.105. The van der Waals surface area contributed by atoms with E-state index in [-0.39, 0.29) is 59.2 Å². The Morgan fingerprint density at radius 3 is 2.30 bits per heavy atom. The fourth-order valence-corrected chi connectivity index (χ4v) is 4.83. The summed E-state index contributed by atoms with van der Waals surface area (Å²) >= 11 is 0. The van der Waals surface area contributed by atoms with E-state index >= 15 is 0 Å². The Kier molecular flexibility index (Phi) is 11.7. The number of benzene rings is 3. The summed E-state index contributed by atoms with van der Waals surface area (Å²) in [7, 11) is 0. The largest absolute Gasteiger partial charge is 0.489 e. The monoisotopic (exact) mass is 655 g/mol. The Morgan fingerprint density at radius 1 is 0.891 bits per heavy atom. The summed E-state index contributed by atoms with van der Waals surface area (Å²) in [6.45, 7) is -1.45. The number of hydrogen-bond donors (Lipinski definition) is 6. The van der Waals surface area contributed by atoms with Crippen molar-refractivity contribution in [2.45, 2.75) is 25.2 Å². The molecule has 0 bridgehead atoms. The molecule has 4 rings (SSSR count). The Hall–Kier alpha value is -5.63. The van der Waals surface area contributed by atoms with Gasteiger partial charge in [-0.2, -0.15) is 0 Å². The van der Waals surface area contributed by atoms with Crippen molar-refractivity contribution in [2.75, 3.05) is 25.4 Å². The highest BCUT2D eigenvalue weighted by atomic mass is 35.5. The molecule has 0 aliphatic carbocycles. The predicted octanol–water partition coefficient (Wildman–Crippen LogP) is 2.27. The fraction of sp³-hybridized carbons (Fsp3) is 0.226. The molecule has 242 valence electrons. The van der Waals surface area contributed by atoms with E-state index in [1.807, 2.05) is 0 Å². The van der Waals surface area contributed by atoms with Gasteiger partial charge < -0.3 is 41.2 Å². The van der Waals surface area contributed by atoms with Gasteiger partial charge >= 0.3 is 23.9 Å². The summed E-state index contributed by atoms with van der Waals surface area (Å²) in [5.41, 5.74) is 7.25. The number of hydrogen-bond acceptors (Lipinski definition) is 9. The number of carboxylic acids is 3. The number of anilines is 1. The molecule has 0 aromatic heterocycles. The zero-order valence-corrected chi connectivity index (χ0v) is 24.9. The molecule has 1 atom stereocenters. The van der Waals surface area contributed by atoms with E-state index in [0.717, 1.165) is 0 Å². The van der Waals surface area contributed by atoms with E-state index in [1.165, 1.54) is 42.5 Å². The van der Waals surface area contributed by atoms with Crippen LogP contribution in [0.5, 0.6) is 11.5 Å². The molecular formula is C31H30ClN3O11. The second kappa shape index (κ2) is 15.4. The molecule has 1 unspecified atom stereocenters. The second-order valence-corrected chi connectivity index (χ2v) is 10.1. The van der Waals surface area contributed by atoms with E-state index < -0.39 is 54.7 Å². The maximum Gasteiger partial charge on any atom is 0.343 e. The molecule has 0 spiro atoms. The van der Waals surface area contributed by atoms with Gasteiger partial charge in [0.25, 0.3) is 5.91 Å². The number of esters is 1. The molecule has 3 aromatic carbocycles. The van der Waals surface area contributed by atoms with Gasteiger partial charge in [-0.1, -0.05) is 18.2 Å². The van der Waals surface area contributed by atoms with Crippen molar-refractivity contribution in [3.63, 3.8) is 0 Å². The van der Waals surface area contributed by atoms with Crippen molar-refractivity contribution in [1.29, 1.82) is 0 Å². The summed E-state index contributed by atoms with van der Waals surface area (Å²) in [6, 6.07) is 12.9. The Labute approximate surface area is 267 Å². The van der Waals surface area contributed by atoms with Crippen LogP contribution in [0.4, 0.5) is 5.69 Å². The number of fused-ring (bicyclic) bond motifs is 2. The highest BCUT2D eigenvalue weighted by Gasteiger charge is 2.32. The molecule has 15 heteroatoms. The summed E-state index contributed by atoms with van der Waals surface area (Å²) in [4.78, 5) is 74.2. The Balaban J connectivity index is 0.00000576. The molecule has 1 heterocycles. The number of rotatable bonds is 10. The molecule has 1 aliphatic heterocycles. The minimum absolute atomic E-state index is 0. The standard InChI is InChI=1S/C31H29N3O11.ClH/c32-19-6-7-20-17(13-19)5-2-10-44-26-22(28(39)33-14-24(35)36)9-8-21(27(26)45-31(20)43)23(29(40)34-15-25(37)38)12-16-3-1-4-18(11-16)30(41)42;/h1,3-4,6-9,11,13,23H,2,5,10,12,14-15,32H2,(H,33,39)(H,34,40)(H,35,36)(H,37,38)(H,41,42);1H. The van der Waals surface area contributed by atoms with Crippen LogP contribution in [-0.4, -0.2) is 70.7 Å². The van der Waals surface area contributed by atoms with Crippen LogP contribution in [0.2, 0.25) is 0 Å². The minimum atomic E-state index is -1.32. The molecule has 3 aromatic rings. The molecule has 7 N–H and O–H groups in total. The smallest absolute Gasteiger partial charge is 0.343 e. The van der Waals surface area contributed by atoms with Gasteiger partial charge in [-0.3, -0.25) is 19.2 Å². The van der Waals surface area contributed by atoms with Crippen molar-refractivity contribution < 1.29 is 53.6 Å². The number of nitrogen functional groups attached to an aromatic ring is 1. The number of ether oxygens (including phenoxy) is 2. The lowest BCUT2D eigenvalue weighted by Crippen LogP contribution is -2.35. The van der Waals surface area contributed by atoms with Gasteiger partial charge in [0.15, 0.2) is 11.5 Å². The number of aryl methyl sites for hydroxylation is 1. The number of amides is 2. The van der Waals surface area contributed by atoms with Crippen LogP contribution in [0.3, 0.4) is 0 Å². The summed E-state index contributed by atoms with van der Waals surface area (Å²) < 4.78 is 11.8. The molecule has 0 fully saturated rings. The molecule has 14 nitrogen and oxygen atoms in total. The first kappa shape index (κ1) is 34.9. The molecule has 0 radical (unpaired) electrons. The number of aromatic carboxylic acids is 1. The molecule has 0 saturated heterocycles. The van der Waals surface area contributed by atoms with Gasteiger partial charge in [-0.05, 0) is 66.8 Å². The minimum Gasteiger partial charge on any atom is -0.489 e. The van der Waals surface area contributed by atoms with Crippen LogP contribution in [0, 0.1) is 0 Å². The Morgan fingerprint density at radius 2 is 1.61 bits per heavy atom. The van der Waals surface area contributed by atoms with Crippen LogP contribution in [0.25, 0.3) is 0 Å². The molecular weight excluding hydrogens is 626 g/mol. The normalized spacial score (nSPS) is 12.8. The maximum atomic E-state index is 13.6. The molecule has 1 aliphatic rings. The summed E-state index contributed by atoms with van der Waals surface area (Å²) in [5.74, 6) is -8.20. The third kappa shape index (κ3) is 8.51. The van der Waals surface area contributed by atoms with Crippen LogP contribution in [0.1, 0.15) is 60.1 Å². The number of halogens is 1. The van der Waals surface area contributed by atoms with Gasteiger partial charge in [-0.15, -0.1) is 12.4 Å². The SMILES string of the molecule is Cl.Nc1ccc2c(c1)CCCOc1c(C(=O)NCC(=O)O)ccc(C(Cc3cccc(C(=O)O)c3)C(=O)NCC(=O)O)c1OC2=O. The van der Waals surface area contributed by atoms with Crippen molar-refractivity contribution in [3.05, 3.63) is 88.0 Å². The Bertz CT molecular complexity index is 1690. The van der Waals surface area contributed by atoms with Gasteiger partial charge in [0, 0.05) is 11.3 Å². The third-order valence-corrected chi connectivity index (χ3v) is 6.89. The van der Waals surface area contributed by atoms with E-state index in [4.69, 9.17) is 20.3 Å². The lowest BCUT2D eigenvalue weighted by atomic mass is 9.88. The average molecular weight is 656 g/mol. The van der Waals surface area contributed by atoms with Crippen molar-refractivity contribution in [3.8, 4) is 11.5 Å². The highest BCUT2D eigenvalue weighted by molar-refractivity contribution is 6.01. The van der Waals surface area contributed by atoms with Crippen LogP contribution in [-0.2, 0) is 27.2 Å². The first-order chi connectivity index (χ1) is 21.4. The van der Waals surface area contributed by atoms with Gasteiger partial charge in [0.05, 0.1) is 29.2 Å². The topological polar surface area (TPSA) is 232 Å². The number of carbonyl (C=O) groups is 6. The van der Waals surface area contributed by atoms with Crippen molar-refractivity contribution in [1.82, 2.24) is 10.6 Å². The summed E-state index contributed by atoms with van der Waals surface area (Å²) in [6.07, 6.45) is 0.563. The highest BCUT2D eigenvalue weighted by Crippen LogP contribution is 2.41. The third-order valence-electron chi connectivity index (χ3n) is 6.89. The zero-order chi connectivity index (χ0) is 32.7. The lowest BCUT2D eigenvalue weighted by Gasteiger charge is -2.24. The van der Waals surface area contributed by atoms with Crippen LogP contribution < -0.4 is 25.8 Å². The lowest BCUT2D eigenvalue weighted by molar-refractivity contribution is -0.138.